The SMILES string of the molecule is C[C@H](C(=O)O)[C@H]1CCC2C(=O)CCC[C@@]21C. The smallest absolute Gasteiger partial charge is 0.306 e. The van der Waals surface area contributed by atoms with Crippen LogP contribution in [0.25, 0.3) is 0 Å². The van der Waals surface area contributed by atoms with E-state index in [2.05, 4.69) is 6.92 Å². The maximum atomic E-state index is 11.9. The number of Topliss-reactive ketones (excluding diaryl/α,β-unsaturated/α-hetero) is 1. The highest BCUT2D eigenvalue weighted by Crippen LogP contribution is 2.56. The number of carbonyl (C=O) groups excluding carboxylic acids is 1. The van der Waals surface area contributed by atoms with Gasteiger partial charge in [-0.15, -0.1) is 0 Å². The van der Waals surface area contributed by atoms with Crippen LogP contribution in [0.15, 0.2) is 0 Å². The van der Waals surface area contributed by atoms with Crippen molar-refractivity contribution in [2.45, 2.75) is 46.0 Å². The second kappa shape index (κ2) is 3.86. The summed E-state index contributed by atoms with van der Waals surface area (Å²) in [5, 5.41) is 9.13. The van der Waals surface area contributed by atoms with E-state index in [9.17, 15) is 9.59 Å². The molecule has 0 radical (unpaired) electrons. The third-order valence-electron chi connectivity index (χ3n) is 4.93. The Morgan fingerprint density at radius 2 is 2.19 bits per heavy atom. The summed E-state index contributed by atoms with van der Waals surface area (Å²) < 4.78 is 0. The van der Waals surface area contributed by atoms with Gasteiger partial charge in [0.1, 0.15) is 5.78 Å². The molecule has 0 aromatic carbocycles. The molecular formula is C13H20O3. The average Bonchev–Trinajstić information content (AvgIpc) is 2.55. The Labute approximate surface area is 96.2 Å². The van der Waals surface area contributed by atoms with Crippen LogP contribution in [0.5, 0.6) is 0 Å². The molecule has 2 saturated carbocycles. The van der Waals surface area contributed by atoms with Crippen LogP contribution in [0.2, 0.25) is 0 Å². The lowest BCUT2D eigenvalue weighted by atomic mass is 9.62. The van der Waals surface area contributed by atoms with Crippen LogP contribution in [0.1, 0.15) is 46.0 Å². The lowest BCUT2D eigenvalue weighted by Crippen LogP contribution is -2.40. The molecule has 90 valence electrons. The quantitative estimate of drug-likeness (QED) is 0.784. The van der Waals surface area contributed by atoms with Crippen molar-refractivity contribution >= 4 is 11.8 Å². The van der Waals surface area contributed by atoms with Gasteiger partial charge in [0.15, 0.2) is 0 Å². The fraction of sp³-hybridized carbons (Fsp3) is 0.846. The minimum Gasteiger partial charge on any atom is -0.481 e. The molecule has 4 atom stereocenters. The third kappa shape index (κ3) is 1.57. The summed E-state index contributed by atoms with van der Waals surface area (Å²) in [4.78, 5) is 23.0. The Balaban J connectivity index is 2.24. The predicted molar refractivity (Wildman–Crippen MR) is 60.0 cm³/mol. The van der Waals surface area contributed by atoms with Crippen LogP contribution in [0, 0.1) is 23.2 Å². The molecule has 1 unspecified atom stereocenters. The minimum atomic E-state index is -0.718. The average molecular weight is 224 g/mol. The van der Waals surface area contributed by atoms with Crippen LogP contribution >= 0.6 is 0 Å². The fourth-order valence-electron chi connectivity index (χ4n) is 3.96. The molecule has 2 fully saturated rings. The summed E-state index contributed by atoms with van der Waals surface area (Å²) in [5.74, 6) is -0.355. The molecular weight excluding hydrogens is 204 g/mol. The summed E-state index contributed by atoms with van der Waals surface area (Å²) in [5.41, 5.74) is -0.0485. The van der Waals surface area contributed by atoms with Gasteiger partial charge in [0.25, 0.3) is 0 Å². The van der Waals surface area contributed by atoms with Gasteiger partial charge in [-0.3, -0.25) is 9.59 Å². The topological polar surface area (TPSA) is 54.4 Å². The van der Waals surface area contributed by atoms with Crippen LogP contribution in [0.4, 0.5) is 0 Å². The first kappa shape index (κ1) is 11.6. The monoisotopic (exact) mass is 224 g/mol. The molecule has 0 saturated heterocycles. The Morgan fingerprint density at radius 1 is 1.50 bits per heavy atom. The number of aliphatic carboxylic acids is 1. The summed E-state index contributed by atoms with van der Waals surface area (Å²) in [7, 11) is 0. The molecule has 0 heterocycles. The maximum Gasteiger partial charge on any atom is 0.306 e. The standard InChI is InChI=1S/C13H20O3/c1-8(12(15)16)9-5-6-10-11(14)4-3-7-13(9,10)2/h8-10H,3-7H2,1-2H3,(H,15,16)/t8-,9+,10?,13+/m0/s1. The van der Waals surface area contributed by atoms with Gasteiger partial charge in [0, 0.05) is 12.3 Å². The molecule has 0 aromatic heterocycles. The summed E-state index contributed by atoms with van der Waals surface area (Å²) in [6.07, 6.45) is 4.47. The number of carboxylic acids is 1. The van der Waals surface area contributed by atoms with Crippen molar-refractivity contribution in [2.24, 2.45) is 23.2 Å². The molecule has 3 nitrogen and oxygen atoms in total. The van der Waals surface area contributed by atoms with Crippen molar-refractivity contribution in [1.29, 1.82) is 0 Å². The minimum absolute atomic E-state index is 0.0485. The largest absolute Gasteiger partial charge is 0.481 e. The van der Waals surface area contributed by atoms with E-state index in [0.29, 0.717) is 12.2 Å². The lowest BCUT2D eigenvalue weighted by Gasteiger charge is -2.41. The van der Waals surface area contributed by atoms with E-state index in [4.69, 9.17) is 5.11 Å². The molecule has 1 N–H and O–H groups in total. The number of carboxylic acid groups (broad SMARTS) is 1. The highest BCUT2D eigenvalue weighted by molar-refractivity contribution is 5.83. The van der Waals surface area contributed by atoms with E-state index < -0.39 is 5.97 Å². The fourth-order valence-corrected chi connectivity index (χ4v) is 3.96. The molecule has 2 rings (SSSR count). The number of hydrogen-bond donors (Lipinski definition) is 1. The first-order valence-electron chi connectivity index (χ1n) is 6.22. The Bertz CT molecular complexity index is 323. The van der Waals surface area contributed by atoms with Crippen LogP contribution in [-0.4, -0.2) is 16.9 Å². The maximum absolute atomic E-state index is 11.9. The van der Waals surface area contributed by atoms with Gasteiger partial charge in [-0.25, -0.2) is 0 Å². The Morgan fingerprint density at radius 3 is 2.81 bits per heavy atom. The molecule has 16 heavy (non-hydrogen) atoms. The number of hydrogen-bond acceptors (Lipinski definition) is 2. The molecule has 0 spiro atoms. The van der Waals surface area contributed by atoms with Gasteiger partial charge in [-0.05, 0) is 37.0 Å². The lowest BCUT2D eigenvalue weighted by molar-refractivity contribution is -0.146. The molecule has 0 aromatic rings. The number of fused-ring (bicyclic) bond motifs is 1. The van der Waals surface area contributed by atoms with Crippen LogP contribution in [0.3, 0.4) is 0 Å². The summed E-state index contributed by atoms with van der Waals surface area (Å²) in [6.45, 7) is 3.92. The summed E-state index contributed by atoms with van der Waals surface area (Å²) >= 11 is 0. The normalized spacial score (nSPS) is 40.5. The van der Waals surface area contributed by atoms with Crippen LogP contribution < -0.4 is 0 Å². The van der Waals surface area contributed by atoms with Crippen LogP contribution in [-0.2, 0) is 9.59 Å². The van der Waals surface area contributed by atoms with E-state index in [0.717, 1.165) is 25.7 Å². The van der Waals surface area contributed by atoms with E-state index >= 15 is 0 Å². The van der Waals surface area contributed by atoms with Gasteiger partial charge >= 0.3 is 5.97 Å². The Kier molecular flexibility index (Phi) is 2.81. The van der Waals surface area contributed by atoms with E-state index in [1.54, 1.807) is 6.92 Å². The predicted octanol–water partition coefficient (Wildman–Crippen LogP) is 2.49. The molecule has 2 aliphatic rings. The highest BCUT2D eigenvalue weighted by atomic mass is 16.4. The van der Waals surface area contributed by atoms with Gasteiger partial charge < -0.3 is 5.11 Å². The van der Waals surface area contributed by atoms with E-state index in [-0.39, 0.29) is 23.2 Å². The van der Waals surface area contributed by atoms with Crippen molar-refractivity contribution in [3.05, 3.63) is 0 Å². The van der Waals surface area contributed by atoms with E-state index in [1.165, 1.54) is 0 Å². The van der Waals surface area contributed by atoms with Gasteiger partial charge in [-0.1, -0.05) is 13.8 Å². The number of carbonyl (C=O) groups is 2. The summed E-state index contributed by atoms with van der Waals surface area (Å²) in [6, 6.07) is 0. The molecule has 0 aliphatic heterocycles. The number of ketones is 1. The van der Waals surface area contributed by atoms with Crippen molar-refractivity contribution in [3.63, 3.8) is 0 Å². The zero-order chi connectivity index (χ0) is 11.9. The van der Waals surface area contributed by atoms with Gasteiger partial charge in [0.2, 0.25) is 0 Å². The third-order valence-corrected chi connectivity index (χ3v) is 4.93. The second-order valence-corrected chi connectivity index (χ2v) is 5.69. The molecule has 0 amide bonds. The van der Waals surface area contributed by atoms with Crippen molar-refractivity contribution in [1.82, 2.24) is 0 Å². The zero-order valence-corrected chi connectivity index (χ0v) is 10.0. The molecule has 2 aliphatic carbocycles. The Hall–Kier alpha value is -0.860. The first-order chi connectivity index (χ1) is 7.47. The van der Waals surface area contributed by atoms with Gasteiger partial charge in [0.05, 0.1) is 5.92 Å². The first-order valence-corrected chi connectivity index (χ1v) is 6.22. The second-order valence-electron chi connectivity index (χ2n) is 5.69. The van der Waals surface area contributed by atoms with Crippen molar-refractivity contribution in [2.75, 3.05) is 0 Å². The van der Waals surface area contributed by atoms with Crippen molar-refractivity contribution < 1.29 is 14.7 Å². The van der Waals surface area contributed by atoms with Crippen molar-refractivity contribution in [3.8, 4) is 0 Å². The highest BCUT2D eigenvalue weighted by Gasteiger charge is 2.53. The van der Waals surface area contributed by atoms with E-state index in [1.807, 2.05) is 0 Å². The van der Waals surface area contributed by atoms with Gasteiger partial charge in [-0.2, -0.15) is 0 Å². The molecule has 3 heteroatoms. The number of rotatable bonds is 2. The molecule has 0 bridgehead atoms. The zero-order valence-electron chi connectivity index (χ0n) is 10.0.